The van der Waals surface area contributed by atoms with Crippen LogP contribution in [0.3, 0.4) is 0 Å². The van der Waals surface area contributed by atoms with Gasteiger partial charge in [0.05, 0.1) is 26.9 Å². The molecule has 8 nitrogen and oxygen atoms in total. The molecule has 0 saturated heterocycles. The predicted molar refractivity (Wildman–Crippen MR) is 129 cm³/mol. The van der Waals surface area contributed by atoms with Crippen LogP contribution < -0.4 is 9.47 Å². The van der Waals surface area contributed by atoms with E-state index in [4.69, 9.17) is 37.2 Å². The summed E-state index contributed by atoms with van der Waals surface area (Å²) in [5.74, 6) is 0.181. The lowest BCUT2D eigenvalue weighted by Gasteiger charge is -2.12. The van der Waals surface area contributed by atoms with Crippen LogP contribution in [-0.2, 0) is 25.7 Å². The summed E-state index contributed by atoms with van der Waals surface area (Å²) in [6, 6.07) is 13.4. The second kappa shape index (κ2) is 9.12. The van der Waals surface area contributed by atoms with Gasteiger partial charge in [-0.05, 0) is 60.2 Å². The second-order valence-corrected chi connectivity index (χ2v) is 11.4. The third kappa shape index (κ3) is 5.01. The largest absolute Gasteiger partial charge is 0.497 e. The van der Waals surface area contributed by atoms with Gasteiger partial charge in [-0.1, -0.05) is 23.2 Å². The molecule has 0 amide bonds. The zero-order valence-corrected chi connectivity index (χ0v) is 20.6. The molecule has 0 spiro atoms. The summed E-state index contributed by atoms with van der Waals surface area (Å²) in [4.78, 5) is 3.09. The van der Waals surface area contributed by atoms with Crippen molar-refractivity contribution in [1.29, 1.82) is 0 Å². The van der Waals surface area contributed by atoms with Gasteiger partial charge < -0.3 is 14.5 Å². The topological polar surface area (TPSA) is 123 Å². The van der Waals surface area contributed by atoms with Gasteiger partial charge in [0.25, 0.3) is 10.1 Å². The highest BCUT2D eigenvalue weighted by molar-refractivity contribution is 7.91. The second-order valence-electron chi connectivity index (χ2n) is 7.26. The van der Waals surface area contributed by atoms with E-state index in [0.29, 0.717) is 16.7 Å². The van der Waals surface area contributed by atoms with Crippen molar-refractivity contribution in [1.82, 2.24) is 4.98 Å². The number of H-pyrrole nitrogens is 1. The molecule has 4 aromatic rings. The normalized spacial score (nSPS) is 12.1. The number of aromatic amines is 1. The fourth-order valence-electron chi connectivity index (χ4n) is 3.36. The van der Waals surface area contributed by atoms with Crippen molar-refractivity contribution in [3.63, 3.8) is 0 Å². The molecule has 0 radical (unpaired) electrons. The molecule has 0 aliphatic rings. The Bertz CT molecular complexity index is 1570. The highest BCUT2D eigenvalue weighted by Crippen LogP contribution is 2.39. The van der Waals surface area contributed by atoms with Crippen LogP contribution in [0, 0.1) is 0 Å². The standard InChI is InChI=1S/C22H17Cl2NO7S2/c1-31-14-2-5-16(6-3-14)34(29,30)21-11-25-20-7-4-15(10-17(20)21)32-22-18(23)8-13(9-19(22)24)12-33(26,27)28/h2-11,25H,12H2,1H3,(H,26,27,28). The average molecular weight is 542 g/mol. The Hall–Kier alpha value is -2.76. The van der Waals surface area contributed by atoms with Crippen molar-refractivity contribution in [2.75, 3.05) is 7.11 Å². The third-order valence-corrected chi connectivity index (χ3v) is 7.97. The number of methoxy groups -OCH3 is 1. The van der Waals surface area contributed by atoms with Gasteiger partial charge in [0, 0.05) is 17.1 Å². The number of rotatable bonds is 7. The zero-order valence-electron chi connectivity index (χ0n) is 17.4. The molecule has 0 bridgehead atoms. The Labute approximate surface area is 205 Å². The van der Waals surface area contributed by atoms with Crippen LogP contribution in [0.5, 0.6) is 17.2 Å². The number of halogens is 2. The Morgan fingerprint density at radius 1 is 0.912 bits per heavy atom. The summed E-state index contributed by atoms with van der Waals surface area (Å²) >= 11 is 12.4. The van der Waals surface area contributed by atoms with Gasteiger partial charge in [-0.2, -0.15) is 8.42 Å². The molecule has 0 aliphatic carbocycles. The maximum absolute atomic E-state index is 13.2. The molecule has 178 valence electrons. The smallest absolute Gasteiger partial charge is 0.269 e. The Morgan fingerprint density at radius 2 is 1.53 bits per heavy atom. The van der Waals surface area contributed by atoms with Crippen molar-refractivity contribution in [3.05, 3.63) is 76.4 Å². The summed E-state index contributed by atoms with van der Waals surface area (Å²) in [6.07, 6.45) is 1.40. The van der Waals surface area contributed by atoms with Crippen molar-refractivity contribution in [2.24, 2.45) is 0 Å². The fourth-order valence-corrected chi connectivity index (χ4v) is 5.98. The van der Waals surface area contributed by atoms with E-state index in [1.165, 1.54) is 43.6 Å². The molecule has 0 fully saturated rings. The van der Waals surface area contributed by atoms with E-state index in [2.05, 4.69) is 4.98 Å². The van der Waals surface area contributed by atoms with Crippen molar-refractivity contribution < 1.29 is 30.9 Å². The van der Waals surface area contributed by atoms with Crippen LogP contribution >= 0.6 is 23.2 Å². The lowest BCUT2D eigenvalue weighted by atomic mass is 10.2. The minimum absolute atomic E-state index is 0.0198. The summed E-state index contributed by atoms with van der Waals surface area (Å²) in [7, 11) is -6.63. The van der Waals surface area contributed by atoms with Gasteiger partial charge >= 0.3 is 0 Å². The molecule has 0 unspecified atom stereocenters. The molecule has 2 N–H and O–H groups in total. The van der Waals surface area contributed by atoms with E-state index in [1.54, 1.807) is 24.3 Å². The minimum Gasteiger partial charge on any atom is -0.497 e. The fraction of sp³-hybridized carbons (Fsp3) is 0.0909. The van der Waals surface area contributed by atoms with E-state index < -0.39 is 25.7 Å². The molecule has 0 saturated carbocycles. The van der Waals surface area contributed by atoms with Crippen LogP contribution in [0.15, 0.2) is 70.6 Å². The molecule has 1 heterocycles. The summed E-state index contributed by atoms with van der Waals surface area (Å²) in [6.45, 7) is 0. The number of nitrogens with one attached hydrogen (secondary N) is 1. The molecule has 0 aliphatic heterocycles. The first-order valence-electron chi connectivity index (χ1n) is 9.59. The van der Waals surface area contributed by atoms with E-state index in [0.717, 1.165) is 0 Å². The third-order valence-electron chi connectivity index (χ3n) is 4.90. The molecule has 12 heteroatoms. The van der Waals surface area contributed by atoms with Crippen LogP contribution in [0.25, 0.3) is 10.9 Å². The summed E-state index contributed by atoms with van der Waals surface area (Å²) in [5.41, 5.74) is 0.749. The first-order valence-corrected chi connectivity index (χ1v) is 13.4. The van der Waals surface area contributed by atoms with Crippen molar-refractivity contribution in [3.8, 4) is 17.2 Å². The maximum Gasteiger partial charge on any atom is 0.269 e. The van der Waals surface area contributed by atoms with Crippen LogP contribution in [-0.4, -0.2) is 33.5 Å². The first-order chi connectivity index (χ1) is 16.0. The van der Waals surface area contributed by atoms with Gasteiger partial charge in [0.1, 0.15) is 17.3 Å². The molecule has 1 aromatic heterocycles. The monoisotopic (exact) mass is 541 g/mol. The molecule has 34 heavy (non-hydrogen) atoms. The van der Waals surface area contributed by atoms with Gasteiger partial charge in [-0.3, -0.25) is 4.55 Å². The SMILES string of the molecule is COc1ccc(S(=O)(=O)c2c[nH]c3ccc(Oc4c(Cl)cc(CS(=O)(=O)O)cc4Cl)cc23)cc1. The van der Waals surface area contributed by atoms with Crippen LogP contribution in [0.2, 0.25) is 10.0 Å². The van der Waals surface area contributed by atoms with E-state index in [9.17, 15) is 16.8 Å². The molecule has 0 atom stereocenters. The minimum atomic E-state index is -4.27. The number of ether oxygens (including phenoxy) is 2. The number of sulfone groups is 1. The summed E-state index contributed by atoms with van der Waals surface area (Å²) in [5, 5.41) is 0.432. The highest BCUT2D eigenvalue weighted by Gasteiger charge is 2.23. The zero-order chi connectivity index (χ0) is 24.7. The Kier molecular flexibility index (Phi) is 6.54. The number of aromatic nitrogens is 1. The lowest BCUT2D eigenvalue weighted by Crippen LogP contribution is -2.02. The quantitative estimate of drug-likeness (QED) is 0.296. The highest BCUT2D eigenvalue weighted by atomic mass is 35.5. The molecule has 4 rings (SSSR count). The summed E-state index contributed by atoms with van der Waals surface area (Å²) < 4.78 is 68.6. The van der Waals surface area contributed by atoms with Crippen molar-refractivity contribution in [2.45, 2.75) is 15.5 Å². The van der Waals surface area contributed by atoms with E-state index in [1.807, 2.05) is 0 Å². The van der Waals surface area contributed by atoms with E-state index >= 15 is 0 Å². The number of hydrogen-bond acceptors (Lipinski definition) is 6. The van der Waals surface area contributed by atoms with E-state index in [-0.39, 0.29) is 36.9 Å². The molecular weight excluding hydrogens is 525 g/mol. The molecular formula is C22H17Cl2NO7S2. The number of benzene rings is 3. The van der Waals surface area contributed by atoms with Gasteiger partial charge in [-0.15, -0.1) is 0 Å². The number of hydrogen-bond donors (Lipinski definition) is 2. The van der Waals surface area contributed by atoms with Gasteiger partial charge in [-0.25, -0.2) is 8.42 Å². The first kappa shape index (κ1) is 24.4. The van der Waals surface area contributed by atoms with Crippen LogP contribution in [0.1, 0.15) is 5.56 Å². The van der Waals surface area contributed by atoms with Crippen molar-refractivity contribution >= 4 is 54.1 Å². The van der Waals surface area contributed by atoms with Gasteiger partial charge in [0.2, 0.25) is 9.84 Å². The number of fused-ring (bicyclic) bond motifs is 1. The van der Waals surface area contributed by atoms with Gasteiger partial charge in [0.15, 0.2) is 5.75 Å². The molecule has 3 aromatic carbocycles. The average Bonchev–Trinajstić information content (AvgIpc) is 3.19. The maximum atomic E-state index is 13.2. The lowest BCUT2D eigenvalue weighted by molar-refractivity contribution is 0.414. The predicted octanol–water partition coefficient (Wildman–Crippen LogP) is 5.50. The Morgan fingerprint density at radius 3 is 2.12 bits per heavy atom. The van der Waals surface area contributed by atoms with Crippen LogP contribution in [0.4, 0.5) is 0 Å². The Balaban J connectivity index is 1.71.